The van der Waals surface area contributed by atoms with E-state index in [1.54, 1.807) is 36.4 Å². The molecule has 0 aromatic heterocycles. The lowest BCUT2D eigenvalue weighted by atomic mass is 10.2. The van der Waals surface area contributed by atoms with Crippen LogP contribution >= 0.6 is 39.1 Å². The van der Waals surface area contributed by atoms with Crippen molar-refractivity contribution in [2.45, 2.75) is 13.2 Å². The van der Waals surface area contributed by atoms with E-state index in [-0.39, 0.29) is 13.2 Å². The summed E-state index contributed by atoms with van der Waals surface area (Å²) in [5.41, 5.74) is 2.06. The van der Waals surface area contributed by atoms with Crippen molar-refractivity contribution >= 4 is 45.1 Å². The Labute approximate surface area is 187 Å². The number of carbonyl (C=O) groups is 1. The Morgan fingerprint density at radius 1 is 0.931 bits per heavy atom. The van der Waals surface area contributed by atoms with E-state index in [1.165, 1.54) is 7.11 Å². The number of hydrogen-bond acceptors (Lipinski definition) is 4. The van der Waals surface area contributed by atoms with E-state index in [4.69, 9.17) is 37.4 Å². The van der Waals surface area contributed by atoms with Crippen molar-refractivity contribution in [1.82, 2.24) is 0 Å². The molecule has 0 aliphatic rings. The first-order chi connectivity index (χ1) is 14.0. The molecular formula is C22H17BrCl2O4. The number of hydrogen-bond donors (Lipinski definition) is 0. The van der Waals surface area contributed by atoms with Crippen molar-refractivity contribution in [3.05, 3.63) is 91.9 Å². The van der Waals surface area contributed by atoms with Gasteiger partial charge in [-0.1, -0.05) is 57.3 Å². The molecule has 0 aliphatic carbocycles. The molecule has 3 aromatic carbocycles. The smallest absolute Gasteiger partial charge is 0.338 e. The molecule has 0 saturated carbocycles. The molecule has 0 amide bonds. The van der Waals surface area contributed by atoms with Crippen LogP contribution in [-0.2, 0) is 18.0 Å². The number of esters is 1. The molecule has 0 bridgehead atoms. The summed E-state index contributed by atoms with van der Waals surface area (Å²) in [7, 11) is 1.51. The Morgan fingerprint density at radius 2 is 1.69 bits per heavy atom. The lowest BCUT2D eigenvalue weighted by molar-refractivity contribution is 0.0472. The molecule has 29 heavy (non-hydrogen) atoms. The van der Waals surface area contributed by atoms with E-state index in [2.05, 4.69) is 15.9 Å². The Hall–Kier alpha value is -2.21. The van der Waals surface area contributed by atoms with Crippen molar-refractivity contribution in [3.8, 4) is 11.5 Å². The van der Waals surface area contributed by atoms with E-state index in [0.29, 0.717) is 27.1 Å². The van der Waals surface area contributed by atoms with E-state index < -0.39 is 5.97 Å². The number of carbonyl (C=O) groups excluding carboxylic acids is 1. The van der Waals surface area contributed by atoms with Gasteiger partial charge in [-0.25, -0.2) is 4.79 Å². The second kappa shape index (κ2) is 10.0. The van der Waals surface area contributed by atoms with Crippen molar-refractivity contribution in [2.24, 2.45) is 0 Å². The maximum absolute atomic E-state index is 12.4. The van der Waals surface area contributed by atoms with Gasteiger partial charge in [-0.2, -0.15) is 0 Å². The second-order valence-electron chi connectivity index (χ2n) is 6.09. The van der Waals surface area contributed by atoms with Crippen LogP contribution in [0.5, 0.6) is 11.5 Å². The van der Waals surface area contributed by atoms with Crippen molar-refractivity contribution in [2.75, 3.05) is 7.11 Å². The van der Waals surface area contributed by atoms with Crippen LogP contribution in [0.4, 0.5) is 0 Å². The zero-order chi connectivity index (χ0) is 20.8. The van der Waals surface area contributed by atoms with E-state index >= 15 is 0 Å². The summed E-state index contributed by atoms with van der Waals surface area (Å²) < 4.78 is 17.5. The predicted octanol–water partition coefficient (Wildman–Crippen LogP) is 6.70. The number of halogens is 3. The van der Waals surface area contributed by atoms with Crippen molar-refractivity contribution in [3.63, 3.8) is 0 Å². The molecule has 7 heteroatoms. The average molecular weight is 496 g/mol. The molecule has 0 atom stereocenters. The summed E-state index contributed by atoms with van der Waals surface area (Å²) >= 11 is 15.5. The molecule has 0 fully saturated rings. The zero-order valence-electron chi connectivity index (χ0n) is 15.5. The van der Waals surface area contributed by atoms with Gasteiger partial charge in [0.2, 0.25) is 0 Å². The van der Waals surface area contributed by atoms with E-state index in [1.807, 2.05) is 24.3 Å². The molecule has 150 valence electrons. The number of ether oxygens (including phenoxy) is 3. The summed E-state index contributed by atoms with van der Waals surface area (Å²) in [6, 6.07) is 17.6. The third-order valence-corrected chi connectivity index (χ3v) is 5.20. The largest absolute Gasteiger partial charge is 0.493 e. The quantitative estimate of drug-likeness (QED) is 0.342. The highest BCUT2D eigenvalue weighted by molar-refractivity contribution is 9.10. The molecular weight excluding hydrogens is 479 g/mol. The predicted molar refractivity (Wildman–Crippen MR) is 117 cm³/mol. The van der Waals surface area contributed by atoms with Crippen molar-refractivity contribution in [1.29, 1.82) is 0 Å². The first-order valence-corrected chi connectivity index (χ1v) is 10.2. The van der Waals surface area contributed by atoms with Gasteiger partial charge in [-0.05, 0) is 48.0 Å². The second-order valence-corrected chi connectivity index (χ2v) is 7.85. The van der Waals surface area contributed by atoms with Gasteiger partial charge in [0.1, 0.15) is 13.2 Å². The van der Waals surface area contributed by atoms with E-state index in [0.717, 1.165) is 15.6 Å². The van der Waals surface area contributed by atoms with Gasteiger partial charge in [0.25, 0.3) is 0 Å². The third-order valence-electron chi connectivity index (χ3n) is 4.08. The van der Waals surface area contributed by atoms with Crippen LogP contribution in [0.25, 0.3) is 0 Å². The fourth-order valence-corrected chi connectivity index (χ4v) is 3.25. The highest BCUT2D eigenvalue weighted by atomic mass is 79.9. The molecule has 0 radical (unpaired) electrons. The fraction of sp³-hybridized carbons (Fsp3) is 0.136. The van der Waals surface area contributed by atoms with Crippen LogP contribution in [0, 0.1) is 0 Å². The Kier molecular flexibility index (Phi) is 7.42. The normalized spacial score (nSPS) is 10.5. The molecule has 0 aliphatic heterocycles. The number of benzene rings is 3. The SMILES string of the molecule is COc1cc(C(=O)OCc2ccc(Br)cc2)ccc1OCc1ccc(Cl)cc1Cl. The maximum atomic E-state index is 12.4. The summed E-state index contributed by atoms with van der Waals surface area (Å²) in [6.07, 6.45) is 0. The molecule has 3 rings (SSSR count). The lowest BCUT2D eigenvalue weighted by Gasteiger charge is -2.13. The minimum absolute atomic E-state index is 0.182. The standard InChI is InChI=1S/C22H17BrCl2O4/c1-27-21-10-15(22(26)29-12-14-2-6-17(23)7-3-14)5-9-20(21)28-13-16-4-8-18(24)11-19(16)25/h2-11H,12-13H2,1H3. The van der Waals surface area contributed by atoms with Crippen LogP contribution in [0.3, 0.4) is 0 Å². The molecule has 3 aromatic rings. The van der Waals surface area contributed by atoms with Crippen LogP contribution < -0.4 is 9.47 Å². The lowest BCUT2D eigenvalue weighted by Crippen LogP contribution is -2.06. The van der Waals surface area contributed by atoms with Crippen LogP contribution in [0.1, 0.15) is 21.5 Å². The molecule has 0 unspecified atom stereocenters. The summed E-state index contributed by atoms with van der Waals surface area (Å²) in [5.74, 6) is 0.467. The van der Waals surface area contributed by atoms with Gasteiger partial charge >= 0.3 is 5.97 Å². The summed E-state index contributed by atoms with van der Waals surface area (Å²) in [6.45, 7) is 0.418. The third kappa shape index (κ3) is 5.89. The zero-order valence-corrected chi connectivity index (χ0v) is 18.6. The Bertz CT molecular complexity index is 1010. The van der Waals surface area contributed by atoms with Gasteiger partial charge < -0.3 is 14.2 Å². The van der Waals surface area contributed by atoms with Gasteiger partial charge in [-0.15, -0.1) is 0 Å². The highest BCUT2D eigenvalue weighted by Gasteiger charge is 2.13. The van der Waals surface area contributed by atoms with Gasteiger partial charge in [0.05, 0.1) is 12.7 Å². The Morgan fingerprint density at radius 3 is 2.38 bits per heavy atom. The number of methoxy groups -OCH3 is 1. The molecule has 0 N–H and O–H groups in total. The maximum Gasteiger partial charge on any atom is 0.338 e. The van der Waals surface area contributed by atoms with Gasteiger partial charge in [0, 0.05) is 20.1 Å². The topological polar surface area (TPSA) is 44.8 Å². The molecule has 4 nitrogen and oxygen atoms in total. The average Bonchev–Trinajstić information content (AvgIpc) is 2.72. The number of rotatable bonds is 7. The first kappa shape index (κ1) is 21.5. The van der Waals surface area contributed by atoms with Crippen molar-refractivity contribution < 1.29 is 19.0 Å². The molecule has 0 saturated heterocycles. The van der Waals surface area contributed by atoms with Gasteiger partial charge in [-0.3, -0.25) is 0 Å². The summed E-state index contributed by atoms with van der Waals surface area (Å²) in [5, 5.41) is 1.08. The highest BCUT2D eigenvalue weighted by Crippen LogP contribution is 2.30. The van der Waals surface area contributed by atoms with Crippen LogP contribution in [-0.4, -0.2) is 13.1 Å². The van der Waals surface area contributed by atoms with Crippen LogP contribution in [0.2, 0.25) is 10.0 Å². The first-order valence-electron chi connectivity index (χ1n) is 8.62. The minimum Gasteiger partial charge on any atom is -0.493 e. The van der Waals surface area contributed by atoms with E-state index in [9.17, 15) is 4.79 Å². The van der Waals surface area contributed by atoms with Crippen LogP contribution in [0.15, 0.2) is 65.1 Å². The fourth-order valence-electron chi connectivity index (χ4n) is 2.52. The summed E-state index contributed by atoms with van der Waals surface area (Å²) in [4.78, 5) is 12.4. The molecule has 0 spiro atoms. The Balaban J connectivity index is 1.65. The molecule has 0 heterocycles. The monoisotopic (exact) mass is 494 g/mol. The minimum atomic E-state index is -0.446. The van der Waals surface area contributed by atoms with Gasteiger partial charge in [0.15, 0.2) is 11.5 Å².